The van der Waals surface area contributed by atoms with E-state index in [1.807, 2.05) is 6.92 Å². The summed E-state index contributed by atoms with van der Waals surface area (Å²) >= 11 is 0. The Morgan fingerprint density at radius 3 is 1.38 bits per heavy atom. The lowest BCUT2D eigenvalue weighted by molar-refractivity contribution is -0.149. The van der Waals surface area contributed by atoms with Crippen LogP contribution in [0.25, 0.3) is 11.1 Å². The first-order chi connectivity index (χ1) is 26.9. The molecule has 0 aromatic heterocycles. The van der Waals surface area contributed by atoms with E-state index < -0.39 is 71.9 Å². The van der Waals surface area contributed by atoms with Gasteiger partial charge in [0, 0.05) is 27.4 Å². The van der Waals surface area contributed by atoms with E-state index >= 15 is 0 Å². The SMILES string of the molecule is CC(C(NC(=O)OC(C)(C)C)C(=O)OCC(=O)c1ccc(-c2ccc(C(=O)COC(=O)C([SiH3])C(NC(=O)OC(C)(C)C)C(C)C3(C)CCC3)cc2)cc1)C1(C)CCC1. The molecular weight excluding hydrogens is 757 g/mol. The molecule has 5 unspecified atom stereocenters. The fourth-order valence-electron chi connectivity index (χ4n) is 7.67. The van der Waals surface area contributed by atoms with Crippen LogP contribution in [0.1, 0.15) is 128 Å². The van der Waals surface area contributed by atoms with Gasteiger partial charge in [0.25, 0.3) is 0 Å². The molecule has 2 amide bonds. The standard InChI is InChI=1S/C45H64N2O10Si/c1-27(44(9)21-11-22-44)35(46-40(52)56-42(3,4)5)37(58)39(51)55-26-34(49)32-19-15-30(16-20-32)29-13-17-31(18-14-29)33(48)25-54-38(50)36(28(2)45(10)23-12-24-45)47-41(53)57-43(6,7)8/h13-20,27-28,35-37H,11-12,21-26H2,1-10,58H3,(H,46,52)(H,47,53). The molecule has 0 heterocycles. The molecule has 4 rings (SSSR count). The molecular formula is C45H64N2O10Si. The van der Waals surface area contributed by atoms with Crippen molar-refractivity contribution in [2.75, 3.05) is 13.2 Å². The van der Waals surface area contributed by atoms with Crippen LogP contribution in [0.2, 0.25) is 5.54 Å². The summed E-state index contributed by atoms with van der Waals surface area (Å²) in [5.74, 6) is -2.21. The number of hydrogen-bond acceptors (Lipinski definition) is 10. The fourth-order valence-corrected chi connectivity index (χ4v) is 8.58. The Balaban J connectivity index is 1.32. The van der Waals surface area contributed by atoms with E-state index in [1.54, 1.807) is 90.1 Å². The van der Waals surface area contributed by atoms with Crippen molar-refractivity contribution in [3.05, 3.63) is 59.7 Å². The van der Waals surface area contributed by atoms with Gasteiger partial charge < -0.3 is 29.6 Å². The van der Waals surface area contributed by atoms with Gasteiger partial charge in [-0.05, 0) is 101 Å². The summed E-state index contributed by atoms with van der Waals surface area (Å²) in [6.07, 6.45) is 4.71. The molecule has 0 spiro atoms. The van der Waals surface area contributed by atoms with Crippen molar-refractivity contribution >= 4 is 45.9 Å². The third-order valence-electron chi connectivity index (χ3n) is 12.2. The first-order valence-corrected chi connectivity index (χ1v) is 21.7. The highest BCUT2D eigenvalue weighted by molar-refractivity contribution is 6.23. The molecule has 0 radical (unpaired) electrons. The minimum atomic E-state index is -0.975. The van der Waals surface area contributed by atoms with Crippen LogP contribution in [0.5, 0.6) is 0 Å². The number of carbonyl (C=O) groups excluding carboxylic acids is 6. The van der Waals surface area contributed by atoms with Crippen LogP contribution in [-0.2, 0) is 28.5 Å². The summed E-state index contributed by atoms with van der Waals surface area (Å²) in [5, 5.41) is 5.63. The van der Waals surface area contributed by atoms with Crippen LogP contribution in [-0.4, -0.2) is 82.4 Å². The molecule has 2 aromatic carbocycles. The van der Waals surface area contributed by atoms with E-state index in [0.717, 1.165) is 49.7 Å². The third kappa shape index (κ3) is 12.2. The van der Waals surface area contributed by atoms with E-state index in [1.165, 1.54) is 0 Å². The molecule has 0 bridgehead atoms. The minimum Gasteiger partial charge on any atom is -0.457 e. The average Bonchev–Trinajstić information content (AvgIpc) is 3.12. The average molecular weight is 821 g/mol. The van der Waals surface area contributed by atoms with Gasteiger partial charge in [-0.3, -0.25) is 14.4 Å². The number of alkyl carbamates (subject to hydrolysis) is 2. The van der Waals surface area contributed by atoms with E-state index in [9.17, 15) is 28.8 Å². The molecule has 0 saturated heterocycles. The lowest BCUT2D eigenvalue weighted by atomic mass is 9.60. The van der Waals surface area contributed by atoms with Gasteiger partial charge in [0.1, 0.15) is 17.2 Å². The summed E-state index contributed by atoms with van der Waals surface area (Å²) in [4.78, 5) is 78.2. The highest BCUT2D eigenvalue weighted by atomic mass is 28.1. The normalized spacial score (nSPS) is 18.4. The number of amides is 2. The Kier molecular flexibility index (Phi) is 14.8. The Morgan fingerprint density at radius 1 is 0.621 bits per heavy atom. The van der Waals surface area contributed by atoms with Crippen molar-refractivity contribution in [1.82, 2.24) is 10.6 Å². The van der Waals surface area contributed by atoms with Crippen LogP contribution in [0, 0.1) is 22.7 Å². The lowest BCUT2D eigenvalue weighted by Gasteiger charge is -2.48. The van der Waals surface area contributed by atoms with Gasteiger partial charge in [0.2, 0.25) is 0 Å². The highest BCUT2D eigenvalue weighted by Crippen LogP contribution is 2.49. The molecule has 13 heteroatoms. The van der Waals surface area contributed by atoms with Gasteiger partial charge in [-0.2, -0.15) is 0 Å². The number of hydrogen-bond donors (Lipinski definition) is 2. The fraction of sp³-hybridized carbons (Fsp3) is 0.600. The van der Waals surface area contributed by atoms with Crippen molar-refractivity contribution in [3.63, 3.8) is 0 Å². The summed E-state index contributed by atoms with van der Waals surface area (Å²) in [6, 6.07) is 12.2. The zero-order chi connectivity index (χ0) is 43.2. The summed E-state index contributed by atoms with van der Waals surface area (Å²) < 4.78 is 21.9. The number of nitrogens with one attached hydrogen (secondary N) is 2. The number of ether oxygens (including phenoxy) is 4. The number of rotatable bonds is 16. The Bertz CT molecular complexity index is 1800. The Morgan fingerprint density at radius 2 is 1.00 bits per heavy atom. The highest BCUT2D eigenvalue weighted by Gasteiger charge is 2.46. The summed E-state index contributed by atoms with van der Waals surface area (Å²) in [6.45, 7) is 17.9. The third-order valence-corrected chi connectivity index (χ3v) is 13.4. The molecule has 2 N–H and O–H groups in total. The van der Waals surface area contributed by atoms with Crippen molar-refractivity contribution < 1.29 is 47.7 Å². The number of esters is 2. The molecule has 5 atom stereocenters. The van der Waals surface area contributed by atoms with Gasteiger partial charge in [-0.25, -0.2) is 14.4 Å². The second-order valence-electron chi connectivity index (χ2n) is 18.9. The van der Waals surface area contributed by atoms with E-state index in [0.29, 0.717) is 21.4 Å². The number of ketones is 2. The summed E-state index contributed by atoms with van der Waals surface area (Å²) in [7, 11) is 0.403. The molecule has 0 aliphatic heterocycles. The molecule has 2 saturated carbocycles. The van der Waals surface area contributed by atoms with Gasteiger partial charge in [0.15, 0.2) is 24.8 Å². The molecule has 2 aromatic rings. The molecule has 318 valence electrons. The van der Waals surface area contributed by atoms with Crippen LogP contribution in [0.4, 0.5) is 9.59 Å². The van der Waals surface area contributed by atoms with Gasteiger partial charge in [-0.1, -0.05) is 89.1 Å². The maximum atomic E-state index is 13.3. The maximum Gasteiger partial charge on any atom is 0.408 e. The Hall–Kier alpha value is -4.52. The van der Waals surface area contributed by atoms with E-state index in [4.69, 9.17) is 18.9 Å². The van der Waals surface area contributed by atoms with Crippen LogP contribution in [0.3, 0.4) is 0 Å². The number of benzene rings is 2. The monoisotopic (exact) mass is 820 g/mol. The van der Waals surface area contributed by atoms with Gasteiger partial charge in [-0.15, -0.1) is 0 Å². The van der Waals surface area contributed by atoms with Gasteiger partial charge in [0.05, 0.1) is 5.54 Å². The minimum absolute atomic E-state index is 0.00150. The maximum absolute atomic E-state index is 13.3. The zero-order valence-electron chi connectivity index (χ0n) is 36.2. The van der Waals surface area contributed by atoms with Crippen LogP contribution >= 0.6 is 0 Å². The molecule has 2 fully saturated rings. The topological polar surface area (TPSA) is 163 Å². The first kappa shape index (κ1) is 46.2. The predicted molar refractivity (Wildman–Crippen MR) is 225 cm³/mol. The number of carbonyl (C=O) groups is 6. The smallest absolute Gasteiger partial charge is 0.408 e. The number of Topliss-reactive ketones (excluding diaryl/α,β-unsaturated/α-hetero) is 2. The molecule has 2 aliphatic carbocycles. The van der Waals surface area contributed by atoms with Gasteiger partial charge >= 0.3 is 24.1 Å². The molecule has 2 aliphatic rings. The molecule has 12 nitrogen and oxygen atoms in total. The zero-order valence-corrected chi connectivity index (χ0v) is 38.2. The van der Waals surface area contributed by atoms with E-state index in [2.05, 4.69) is 31.4 Å². The first-order valence-electron chi connectivity index (χ1n) is 20.5. The van der Waals surface area contributed by atoms with Crippen molar-refractivity contribution in [2.24, 2.45) is 22.7 Å². The lowest BCUT2D eigenvalue weighted by Crippen LogP contribution is -2.53. The summed E-state index contributed by atoms with van der Waals surface area (Å²) in [5.41, 5.74) is 0.127. The van der Waals surface area contributed by atoms with Crippen LogP contribution in [0.15, 0.2) is 48.5 Å². The van der Waals surface area contributed by atoms with Crippen molar-refractivity contribution in [1.29, 1.82) is 0 Å². The van der Waals surface area contributed by atoms with Crippen molar-refractivity contribution in [3.8, 4) is 11.1 Å². The second kappa shape index (κ2) is 18.6. The van der Waals surface area contributed by atoms with Crippen molar-refractivity contribution in [2.45, 2.75) is 137 Å². The second-order valence-corrected chi connectivity index (χ2v) is 20.1. The van der Waals surface area contributed by atoms with Crippen LogP contribution < -0.4 is 10.6 Å². The molecule has 58 heavy (non-hydrogen) atoms. The quantitative estimate of drug-likeness (QED) is 0.0755. The van der Waals surface area contributed by atoms with E-state index in [-0.39, 0.29) is 28.4 Å². The predicted octanol–water partition coefficient (Wildman–Crippen LogP) is 7.40. The Labute approximate surface area is 346 Å². The largest absolute Gasteiger partial charge is 0.457 e.